The number of rotatable bonds is 5. The number of hydrogen-bond donors (Lipinski definition) is 0. The summed E-state index contributed by atoms with van der Waals surface area (Å²) in [5, 5.41) is 1.03. The van der Waals surface area contributed by atoms with E-state index >= 15 is 0 Å². The van der Waals surface area contributed by atoms with Crippen molar-refractivity contribution in [2.45, 2.75) is 12.7 Å². The van der Waals surface area contributed by atoms with Crippen LogP contribution in [0.25, 0.3) is 0 Å². The molecule has 142 valence electrons. The number of benzene rings is 3. The van der Waals surface area contributed by atoms with Gasteiger partial charge in [0.25, 0.3) is 0 Å². The Morgan fingerprint density at radius 3 is 2.54 bits per heavy atom. The number of carbonyl (C=O) groups is 1. The maximum Gasteiger partial charge on any atom is 0.162 e. The van der Waals surface area contributed by atoms with Crippen molar-refractivity contribution in [1.29, 1.82) is 0 Å². The van der Waals surface area contributed by atoms with E-state index in [4.69, 9.17) is 37.4 Å². The van der Waals surface area contributed by atoms with Crippen molar-refractivity contribution in [2.75, 3.05) is 6.61 Å². The molecule has 0 N–H and O–H groups in total. The highest BCUT2D eigenvalue weighted by Crippen LogP contribution is 2.37. The van der Waals surface area contributed by atoms with E-state index in [1.54, 1.807) is 30.3 Å². The highest BCUT2D eigenvalue weighted by Gasteiger charge is 2.22. The van der Waals surface area contributed by atoms with E-state index in [9.17, 15) is 4.79 Å². The Bertz CT molecular complexity index is 1000. The highest BCUT2D eigenvalue weighted by molar-refractivity contribution is 6.42. The van der Waals surface area contributed by atoms with Gasteiger partial charge in [0, 0.05) is 5.56 Å². The molecule has 0 saturated heterocycles. The summed E-state index contributed by atoms with van der Waals surface area (Å²) in [6.45, 7) is 0.768. The lowest BCUT2D eigenvalue weighted by atomic mass is 10.1. The normalized spacial score (nSPS) is 15.1. The van der Waals surface area contributed by atoms with Crippen LogP contribution in [-0.4, -0.2) is 12.9 Å². The van der Waals surface area contributed by atoms with Crippen LogP contribution in [0.3, 0.4) is 0 Å². The molecule has 28 heavy (non-hydrogen) atoms. The second kappa shape index (κ2) is 8.13. The van der Waals surface area contributed by atoms with Crippen molar-refractivity contribution >= 4 is 29.5 Å². The number of ether oxygens (including phenoxy) is 3. The first-order valence-electron chi connectivity index (χ1n) is 8.68. The molecule has 0 aromatic heterocycles. The summed E-state index contributed by atoms with van der Waals surface area (Å²) in [5.41, 5.74) is 2.48. The van der Waals surface area contributed by atoms with Crippen LogP contribution < -0.4 is 14.2 Å². The van der Waals surface area contributed by atoms with Crippen LogP contribution in [0.4, 0.5) is 0 Å². The zero-order valence-electron chi connectivity index (χ0n) is 14.7. The Balaban J connectivity index is 1.40. The van der Waals surface area contributed by atoms with Gasteiger partial charge >= 0.3 is 0 Å². The lowest BCUT2D eigenvalue weighted by molar-refractivity contribution is 0.0909. The quantitative estimate of drug-likeness (QED) is 0.487. The van der Waals surface area contributed by atoms with Gasteiger partial charge in [-0.1, -0.05) is 41.4 Å². The Hall–Kier alpha value is -2.69. The average Bonchev–Trinajstić information content (AvgIpc) is 2.74. The molecule has 3 aromatic rings. The van der Waals surface area contributed by atoms with Crippen molar-refractivity contribution in [3.63, 3.8) is 0 Å². The van der Waals surface area contributed by atoms with Crippen LogP contribution >= 0.6 is 23.2 Å². The monoisotopic (exact) mass is 414 g/mol. The molecule has 1 atom stereocenters. The minimum atomic E-state index is -0.223. The summed E-state index contributed by atoms with van der Waals surface area (Å²) < 4.78 is 17.6. The molecule has 0 radical (unpaired) electrons. The largest absolute Gasteiger partial charge is 0.489 e. The van der Waals surface area contributed by atoms with Crippen molar-refractivity contribution < 1.29 is 19.0 Å². The molecule has 4 nitrogen and oxygen atoms in total. The molecule has 0 amide bonds. The molecule has 0 bridgehead atoms. The minimum absolute atomic E-state index is 0.223. The third-order valence-corrected chi connectivity index (χ3v) is 5.14. The first-order valence-corrected chi connectivity index (χ1v) is 9.43. The van der Waals surface area contributed by atoms with Gasteiger partial charge in [-0.25, -0.2) is 0 Å². The van der Waals surface area contributed by atoms with Crippen LogP contribution in [0.2, 0.25) is 10.0 Å². The zero-order chi connectivity index (χ0) is 19.5. The molecule has 0 unspecified atom stereocenters. The number of aldehydes is 1. The highest BCUT2D eigenvalue weighted by atomic mass is 35.5. The number of fused-ring (bicyclic) bond motifs is 1. The SMILES string of the molecule is O=Cc1ccc2c(c1)OC[C@H](c1ccc(OCc3ccc(Cl)c(Cl)c3)cc1)O2. The summed E-state index contributed by atoms with van der Waals surface area (Å²) in [5.74, 6) is 1.95. The lowest BCUT2D eigenvalue weighted by Crippen LogP contribution is -2.21. The smallest absolute Gasteiger partial charge is 0.162 e. The average molecular weight is 415 g/mol. The van der Waals surface area contributed by atoms with Crippen molar-refractivity contribution in [1.82, 2.24) is 0 Å². The molecule has 0 spiro atoms. The van der Waals surface area contributed by atoms with Crippen LogP contribution in [0.15, 0.2) is 60.7 Å². The van der Waals surface area contributed by atoms with E-state index in [-0.39, 0.29) is 6.10 Å². The third kappa shape index (κ3) is 4.08. The van der Waals surface area contributed by atoms with Crippen LogP contribution in [0.1, 0.15) is 27.6 Å². The number of carbonyl (C=O) groups excluding carboxylic acids is 1. The second-order valence-electron chi connectivity index (χ2n) is 6.35. The van der Waals surface area contributed by atoms with Gasteiger partial charge in [0.05, 0.1) is 10.0 Å². The standard InChI is InChI=1S/C22H16Cl2O4/c23-18-7-1-15(9-19(18)24)12-26-17-5-3-16(4-6-17)22-13-27-21-10-14(11-25)2-8-20(21)28-22/h1-11,22H,12-13H2/t22-/m1/s1. The molecule has 6 heteroatoms. The molecule has 3 aromatic carbocycles. The van der Waals surface area contributed by atoms with Gasteiger partial charge in [-0.05, 0) is 53.6 Å². The van der Waals surface area contributed by atoms with E-state index < -0.39 is 0 Å². The van der Waals surface area contributed by atoms with Crippen LogP contribution in [-0.2, 0) is 6.61 Å². The summed E-state index contributed by atoms with van der Waals surface area (Å²) in [6.07, 6.45) is 0.561. The Morgan fingerprint density at radius 2 is 1.79 bits per heavy atom. The molecule has 0 fully saturated rings. The Morgan fingerprint density at radius 1 is 0.964 bits per heavy atom. The summed E-state index contributed by atoms with van der Waals surface area (Å²) >= 11 is 12.0. The van der Waals surface area contributed by atoms with E-state index in [0.717, 1.165) is 23.2 Å². The van der Waals surface area contributed by atoms with Gasteiger partial charge in [0.1, 0.15) is 25.2 Å². The maximum absolute atomic E-state index is 10.9. The predicted molar refractivity (Wildman–Crippen MR) is 108 cm³/mol. The maximum atomic E-state index is 10.9. The number of halogens is 2. The minimum Gasteiger partial charge on any atom is -0.489 e. The van der Waals surface area contributed by atoms with E-state index in [1.165, 1.54) is 0 Å². The number of hydrogen-bond acceptors (Lipinski definition) is 4. The Labute approximate surface area is 172 Å². The molecule has 0 saturated carbocycles. The fraction of sp³-hybridized carbons (Fsp3) is 0.136. The first kappa shape index (κ1) is 18.7. The van der Waals surface area contributed by atoms with E-state index in [1.807, 2.05) is 30.3 Å². The molecule has 1 aliphatic rings. The molecule has 4 rings (SSSR count). The molecule has 1 heterocycles. The zero-order valence-corrected chi connectivity index (χ0v) is 16.2. The van der Waals surface area contributed by atoms with Gasteiger partial charge in [0.2, 0.25) is 0 Å². The predicted octanol–water partition coefficient (Wildman–Crippen LogP) is 5.90. The van der Waals surface area contributed by atoms with Crippen molar-refractivity contribution in [3.8, 4) is 17.2 Å². The van der Waals surface area contributed by atoms with Crippen LogP contribution in [0, 0.1) is 0 Å². The summed E-state index contributed by atoms with van der Waals surface area (Å²) in [6, 6.07) is 18.2. The molecule has 0 aliphatic carbocycles. The summed E-state index contributed by atoms with van der Waals surface area (Å²) in [7, 11) is 0. The lowest BCUT2D eigenvalue weighted by Gasteiger charge is -2.27. The fourth-order valence-electron chi connectivity index (χ4n) is 2.90. The summed E-state index contributed by atoms with van der Waals surface area (Å²) in [4.78, 5) is 10.9. The Kier molecular flexibility index (Phi) is 5.42. The molecular formula is C22H16Cl2O4. The van der Waals surface area contributed by atoms with E-state index in [2.05, 4.69) is 0 Å². The molecular weight excluding hydrogens is 399 g/mol. The van der Waals surface area contributed by atoms with Gasteiger partial charge in [-0.15, -0.1) is 0 Å². The van der Waals surface area contributed by atoms with Gasteiger partial charge in [0.15, 0.2) is 17.6 Å². The third-order valence-electron chi connectivity index (χ3n) is 4.40. The van der Waals surface area contributed by atoms with Crippen molar-refractivity contribution in [2.24, 2.45) is 0 Å². The topological polar surface area (TPSA) is 44.8 Å². The van der Waals surface area contributed by atoms with Gasteiger partial charge in [-0.3, -0.25) is 4.79 Å². The van der Waals surface area contributed by atoms with Gasteiger partial charge in [-0.2, -0.15) is 0 Å². The fourth-order valence-corrected chi connectivity index (χ4v) is 3.22. The van der Waals surface area contributed by atoms with Crippen molar-refractivity contribution in [3.05, 3.63) is 87.4 Å². The van der Waals surface area contributed by atoms with E-state index in [0.29, 0.717) is 40.3 Å². The van der Waals surface area contributed by atoms with Gasteiger partial charge < -0.3 is 14.2 Å². The molecule has 1 aliphatic heterocycles. The van der Waals surface area contributed by atoms with Crippen LogP contribution in [0.5, 0.6) is 17.2 Å². The second-order valence-corrected chi connectivity index (χ2v) is 7.16. The first-order chi connectivity index (χ1) is 13.6.